The van der Waals surface area contributed by atoms with E-state index in [0.717, 1.165) is 11.1 Å². The van der Waals surface area contributed by atoms with Crippen molar-refractivity contribution in [3.05, 3.63) is 114 Å². The van der Waals surface area contributed by atoms with Crippen LogP contribution in [0.25, 0.3) is 22.2 Å². The summed E-state index contributed by atoms with van der Waals surface area (Å²) in [6.45, 7) is 6.59. The summed E-state index contributed by atoms with van der Waals surface area (Å²) in [7, 11) is 0. The molecular formula is C26H17Cl2F2N3O3. The minimum Gasteiger partial charge on any atom is -0.322 e. The lowest BCUT2D eigenvalue weighted by Crippen LogP contribution is -2.14. The molecule has 0 bridgehead atoms. The zero-order valence-electron chi connectivity index (χ0n) is 18.5. The topological polar surface area (TPSA) is 85.1 Å². The molecule has 4 rings (SSSR count). The highest BCUT2D eigenvalue weighted by Crippen LogP contribution is 2.32. The van der Waals surface area contributed by atoms with Gasteiger partial charge in [-0.2, -0.15) is 0 Å². The summed E-state index contributed by atoms with van der Waals surface area (Å²) in [5.74, 6) is -2.03. The summed E-state index contributed by atoms with van der Waals surface area (Å²) in [5, 5.41) is 9.87. The number of amides is 1. The largest absolute Gasteiger partial charge is 0.322 e. The normalized spacial score (nSPS) is 10.8. The number of aromatic nitrogens is 2. The number of rotatable bonds is 6. The fourth-order valence-electron chi connectivity index (χ4n) is 2.99. The van der Waals surface area contributed by atoms with Gasteiger partial charge in [0.15, 0.2) is 0 Å². The summed E-state index contributed by atoms with van der Waals surface area (Å²) in [4.78, 5) is 22.5. The highest BCUT2D eigenvalue weighted by Gasteiger charge is 2.13. The zero-order chi connectivity index (χ0) is 26.2. The summed E-state index contributed by atoms with van der Waals surface area (Å²) in [5.41, 5.74) is 2.94. The molecule has 6 nitrogen and oxygen atoms in total. The average Bonchev–Trinajstić information content (AvgIpc) is 3.30. The van der Waals surface area contributed by atoms with Crippen LogP contribution in [0.4, 0.5) is 14.5 Å². The second-order valence-electron chi connectivity index (χ2n) is 7.09. The Morgan fingerprint density at radius 2 is 1.67 bits per heavy atom. The van der Waals surface area contributed by atoms with Crippen LogP contribution in [0.2, 0.25) is 5.02 Å². The Bertz CT molecular complexity index is 1480. The van der Waals surface area contributed by atoms with Crippen LogP contribution in [-0.4, -0.2) is 21.5 Å². The first kappa shape index (κ1) is 26.5. The summed E-state index contributed by atoms with van der Waals surface area (Å²) in [6, 6.07) is 15.9. The van der Waals surface area contributed by atoms with Gasteiger partial charge < -0.3 is 5.32 Å². The lowest BCUT2D eigenvalue weighted by atomic mass is 10.0. The molecule has 0 aliphatic rings. The van der Waals surface area contributed by atoms with Crippen LogP contribution in [0.15, 0.2) is 102 Å². The Kier molecular flexibility index (Phi) is 8.83. The first-order valence-corrected chi connectivity index (χ1v) is 10.9. The number of allylic oxidation sites excluding steroid dienone is 2. The van der Waals surface area contributed by atoms with E-state index in [1.165, 1.54) is 30.4 Å². The van der Waals surface area contributed by atoms with Gasteiger partial charge in [0.25, 0.3) is 11.1 Å². The van der Waals surface area contributed by atoms with Gasteiger partial charge in [0.2, 0.25) is 0 Å². The molecule has 0 saturated heterocycles. The van der Waals surface area contributed by atoms with Crippen molar-refractivity contribution >= 4 is 51.1 Å². The van der Waals surface area contributed by atoms with Crippen LogP contribution in [0.1, 0.15) is 10.4 Å². The lowest BCUT2D eigenvalue weighted by molar-refractivity contribution is -0.112. The molecule has 0 unspecified atom stereocenters. The van der Waals surface area contributed by atoms with Crippen LogP contribution in [0.3, 0.4) is 0 Å². The molecule has 0 saturated carbocycles. The molecule has 1 aromatic heterocycles. The second-order valence-corrected chi connectivity index (χ2v) is 7.84. The average molecular weight is 528 g/mol. The van der Waals surface area contributed by atoms with Crippen molar-refractivity contribution in [3.63, 3.8) is 0 Å². The number of benzene rings is 3. The lowest BCUT2D eigenvalue weighted by Gasteiger charge is -2.09. The maximum Gasteiger partial charge on any atom is 0.258 e. The number of carbonyl (C=O) groups excluding carboxylic acids is 2. The maximum absolute atomic E-state index is 13.3. The van der Waals surface area contributed by atoms with Gasteiger partial charge in [-0.1, -0.05) is 55.1 Å². The van der Waals surface area contributed by atoms with E-state index in [2.05, 4.69) is 33.4 Å². The molecule has 0 fully saturated rings. The van der Waals surface area contributed by atoms with Crippen LogP contribution in [-0.2, 0) is 4.79 Å². The fourth-order valence-corrected chi connectivity index (χ4v) is 3.41. The van der Waals surface area contributed by atoms with Crippen molar-refractivity contribution in [2.75, 3.05) is 5.32 Å². The molecule has 1 amide bonds. The number of carbonyl (C=O) groups is 2. The highest BCUT2D eigenvalue weighted by molar-refractivity contribution is 6.67. The Hall–Kier alpha value is -4.14. The molecule has 0 spiro atoms. The van der Waals surface area contributed by atoms with E-state index in [1.807, 2.05) is 0 Å². The summed E-state index contributed by atoms with van der Waals surface area (Å²) >= 11 is 11.3. The predicted octanol–water partition coefficient (Wildman–Crippen LogP) is 7.28. The van der Waals surface area contributed by atoms with Gasteiger partial charge in [-0.25, -0.2) is 13.4 Å². The molecule has 4 aromatic rings. The molecule has 1 heterocycles. The molecule has 0 aliphatic heterocycles. The van der Waals surface area contributed by atoms with Gasteiger partial charge in [-0.15, -0.1) is 0 Å². The Morgan fingerprint density at radius 3 is 2.22 bits per heavy atom. The van der Waals surface area contributed by atoms with Crippen molar-refractivity contribution in [2.45, 2.75) is 0 Å². The van der Waals surface area contributed by atoms with Gasteiger partial charge in [-0.05, 0) is 70.0 Å². The fraction of sp³-hybridized carbons (Fsp3) is 0. The van der Waals surface area contributed by atoms with Gasteiger partial charge in [0.05, 0.1) is 16.2 Å². The zero-order valence-corrected chi connectivity index (χ0v) is 20.0. The van der Waals surface area contributed by atoms with E-state index >= 15 is 0 Å². The molecule has 3 aromatic carbocycles. The minimum absolute atomic E-state index is 0.0795. The van der Waals surface area contributed by atoms with Crippen LogP contribution in [0, 0.1) is 5.82 Å². The standard InChI is InChI=1S/C19H13ClFN3O2.C7H4ClFO/c1-3-4-14(11(2)21)19(25)22-13-7-5-12(6-8-13)15-9-17-18(10-16(15)20)24-26-23-17;8-7(10)5-3-1-2-4-6(5)9/h3-10H,1-2H2,(H,22,25);1-4H/b14-4+;. The first-order valence-electron chi connectivity index (χ1n) is 10.2. The first-order chi connectivity index (χ1) is 17.2. The second kappa shape index (κ2) is 12.0. The molecule has 0 aliphatic carbocycles. The van der Waals surface area contributed by atoms with Crippen molar-refractivity contribution in [3.8, 4) is 11.1 Å². The number of nitrogens with zero attached hydrogens (tertiary/aromatic N) is 2. The van der Waals surface area contributed by atoms with Gasteiger partial charge in [0, 0.05) is 11.3 Å². The number of hydrogen-bond acceptors (Lipinski definition) is 5. The smallest absolute Gasteiger partial charge is 0.258 e. The molecule has 1 N–H and O–H groups in total. The quantitative estimate of drug-likeness (QED) is 0.162. The summed E-state index contributed by atoms with van der Waals surface area (Å²) < 4.78 is 30.5. The number of fused-ring (bicyclic) bond motifs is 1. The van der Waals surface area contributed by atoms with E-state index in [4.69, 9.17) is 23.2 Å². The van der Waals surface area contributed by atoms with E-state index < -0.39 is 22.8 Å². The van der Waals surface area contributed by atoms with E-state index in [0.29, 0.717) is 21.7 Å². The SMILES string of the molecule is C=C/C=C(\C(=C)F)C(=O)Nc1ccc(-c2cc3nonc3cc2Cl)cc1.O=C(Cl)c1ccccc1F. The minimum atomic E-state index is -0.833. The van der Waals surface area contributed by atoms with Gasteiger partial charge >= 0.3 is 0 Å². The number of hydrogen-bond donors (Lipinski definition) is 1. The Balaban J connectivity index is 0.000000303. The van der Waals surface area contributed by atoms with Crippen molar-refractivity contribution in [2.24, 2.45) is 0 Å². The van der Waals surface area contributed by atoms with Gasteiger partial charge in [-0.3, -0.25) is 9.59 Å². The van der Waals surface area contributed by atoms with Gasteiger partial charge in [0.1, 0.15) is 22.7 Å². The van der Waals surface area contributed by atoms with Crippen molar-refractivity contribution in [1.29, 1.82) is 0 Å². The molecule has 0 atom stereocenters. The maximum atomic E-state index is 13.3. The molecular weight excluding hydrogens is 511 g/mol. The number of halogens is 4. The predicted molar refractivity (Wildman–Crippen MR) is 136 cm³/mol. The van der Waals surface area contributed by atoms with E-state index in [9.17, 15) is 18.4 Å². The molecule has 182 valence electrons. The van der Waals surface area contributed by atoms with Crippen LogP contribution in [0.5, 0.6) is 0 Å². The Labute approximate surface area is 214 Å². The highest BCUT2D eigenvalue weighted by atomic mass is 35.5. The molecule has 10 heteroatoms. The molecule has 36 heavy (non-hydrogen) atoms. The summed E-state index contributed by atoms with van der Waals surface area (Å²) in [6.07, 6.45) is 2.58. The van der Waals surface area contributed by atoms with Crippen LogP contribution >= 0.6 is 23.2 Å². The van der Waals surface area contributed by atoms with Crippen molar-refractivity contribution < 1.29 is 23.0 Å². The Morgan fingerprint density at radius 1 is 1.03 bits per heavy atom. The molecule has 0 radical (unpaired) electrons. The third-order valence-electron chi connectivity index (χ3n) is 4.70. The van der Waals surface area contributed by atoms with E-state index in [-0.39, 0.29) is 11.1 Å². The number of anilines is 1. The third kappa shape index (κ3) is 6.50. The third-order valence-corrected chi connectivity index (χ3v) is 5.22. The number of nitrogens with one attached hydrogen (secondary N) is 1. The van der Waals surface area contributed by atoms with Crippen LogP contribution < -0.4 is 5.32 Å². The van der Waals surface area contributed by atoms with E-state index in [1.54, 1.807) is 42.5 Å². The monoisotopic (exact) mass is 527 g/mol. The van der Waals surface area contributed by atoms with Crippen molar-refractivity contribution in [1.82, 2.24) is 10.3 Å².